The van der Waals surface area contributed by atoms with E-state index in [-0.39, 0.29) is 5.91 Å². The van der Waals surface area contributed by atoms with Crippen molar-refractivity contribution in [2.75, 3.05) is 6.54 Å². The molecule has 0 fully saturated rings. The maximum atomic E-state index is 12.5. The van der Waals surface area contributed by atoms with Gasteiger partial charge in [0.15, 0.2) is 0 Å². The Morgan fingerprint density at radius 2 is 1.88 bits per heavy atom. The topological polar surface area (TPSA) is 34.0 Å². The molecule has 0 radical (unpaired) electrons. The van der Waals surface area contributed by atoms with Gasteiger partial charge in [0.1, 0.15) is 0 Å². The number of rotatable bonds is 3. The van der Waals surface area contributed by atoms with E-state index in [0.717, 1.165) is 53.8 Å². The lowest BCUT2D eigenvalue weighted by atomic mass is 10.1. The van der Waals surface area contributed by atoms with Gasteiger partial charge in [0, 0.05) is 34.7 Å². The van der Waals surface area contributed by atoms with Gasteiger partial charge in [-0.05, 0) is 43.0 Å². The maximum absolute atomic E-state index is 12.5. The third-order valence-corrected chi connectivity index (χ3v) is 4.97. The van der Waals surface area contributed by atoms with Gasteiger partial charge in [0.2, 0.25) is 0 Å². The minimum atomic E-state index is 0.0592. The number of fused-ring (bicyclic) bond motifs is 3. The predicted octanol–water partition coefficient (Wildman–Crippen LogP) is 4.21. The molecule has 0 saturated heterocycles. The number of carbonyl (C=O) groups is 1. The van der Waals surface area contributed by atoms with E-state index in [9.17, 15) is 4.79 Å². The van der Waals surface area contributed by atoms with Crippen LogP contribution in [-0.4, -0.2) is 17.0 Å². The third kappa shape index (κ3) is 2.69. The molecular formula is C20H19ClN2O. The highest BCUT2D eigenvalue weighted by molar-refractivity contribution is 6.30. The SMILES string of the molecule is O=C1NCCCc2c1c1ccccc1n2CCc1ccc(Cl)cc1. The van der Waals surface area contributed by atoms with E-state index in [0.29, 0.717) is 0 Å². The summed E-state index contributed by atoms with van der Waals surface area (Å²) in [6.45, 7) is 1.61. The average molecular weight is 339 g/mol. The summed E-state index contributed by atoms with van der Waals surface area (Å²) >= 11 is 5.97. The second-order valence-electron chi connectivity index (χ2n) is 6.23. The van der Waals surface area contributed by atoms with Gasteiger partial charge in [0.05, 0.1) is 5.56 Å². The standard InChI is InChI=1S/C20H19ClN2O/c21-15-9-7-14(8-10-15)11-13-23-17-5-2-1-4-16(17)19-18(23)6-3-12-22-20(19)24/h1-2,4-5,7-10H,3,6,11-13H2,(H,22,24). The van der Waals surface area contributed by atoms with Crippen molar-refractivity contribution in [1.82, 2.24) is 9.88 Å². The van der Waals surface area contributed by atoms with Crippen molar-refractivity contribution in [3.63, 3.8) is 0 Å². The minimum Gasteiger partial charge on any atom is -0.352 e. The molecule has 1 aromatic heterocycles. The van der Waals surface area contributed by atoms with Crippen molar-refractivity contribution in [2.24, 2.45) is 0 Å². The molecule has 122 valence electrons. The number of para-hydroxylation sites is 1. The number of hydrogen-bond donors (Lipinski definition) is 1. The minimum absolute atomic E-state index is 0.0592. The zero-order chi connectivity index (χ0) is 16.5. The van der Waals surface area contributed by atoms with E-state index in [2.05, 4.69) is 34.1 Å². The van der Waals surface area contributed by atoms with Gasteiger partial charge in [-0.2, -0.15) is 0 Å². The van der Waals surface area contributed by atoms with Crippen molar-refractivity contribution >= 4 is 28.4 Å². The molecule has 1 N–H and O–H groups in total. The van der Waals surface area contributed by atoms with Gasteiger partial charge in [0.25, 0.3) is 5.91 Å². The molecule has 1 aliphatic heterocycles. The third-order valence-electron chi connectivity index (χ3n) is 4.72. The van der Waals surface area contributed by atoms with Gasteiger partial charge < -0.3 is 9.88 Å². The number of benzene rings is 2. The quantitative estimate of drug-likeness (QED) is 0.762. The maximum Gasteiger partial charge on any atom is 0.253 e. The van der Waals surface area contributed by atoms with Crippen LogP contribution in [0.15, 0.2) is 48.5 Å². The molecule has 2 heterocycles. The highest BCUT2D eigenvalue weighted by atomic mass is 35.5. The smallest absolute Gasteiger partial charge is 0.253 e. The zero-order valence-electron chi connectivity index (χ0n) is 13.4. The summed E-state index contributed by atoms with van der Waals surface area (Å²) in [5.41, 5.74) is 4.43. The number of carbonyl (C=O) groups excluding carboxylic acids is 1. The van der Waals surface area contributed by atoms with E-state index < -0.39 is 0 Å². The van der Waals surface area contributed by atoms with Crippen molar-refractivity contribution in [3.05, 3.63) is 70.4 Å². The Hall–Kier alpha value is -2.26. The van der Waals surface area contributed by atoms with Gasteiger partial charge in [-0.1, -0.05) is 41.9 Å². The number of amides is 1. The molecular weight excluding hydrogens is 320 g/mol. The monoisotopic (exact) mass is 338 g/mol. The van der Waals surface area contributed by atoms with Crippen LogP contribution in [0.5, 0.6) is 0 Å². The number of aryl methyl sites for hydroxylation is 2. The highest BCUT2D eigenvalue weighted by Gasteiger charge is 2.23. The Morgan fingerprint density at radius 3 is 2.71 bits per heavy atom. The first kappa shape index (κ1) is 15.3. The molecule has 0 bridgehead atoms. The zero-order valence-corrected chi connectivity index (χ0v) is 14.1. The van der Waals surface area contributed by atoms with Crippen LogP contribution < -0.4 is 5.32 Å². The fraction of sp³-hybridized carbons (Fsp3) is 0.250. The summed E-state index contributed by atoms with van der Waals surface area (Å²) in [6, 6.07) is 16.2. The fourth-order valence-electron chi connectivity index (χ4n) is 3.56. The van der Waals surface area contributed by atoms with Crippen LogP contribution in [0.4, 0.5) is 0 Å². The van der Waals surface area contributed by atoms with Crippen LogP contribution in [0.2, 0.25) is 5.02 Å². The Kier molecular flexibility index (Phi) is 4.03. The molecule has 0 saturated carbocycles. The van der Waals surface area contributed by atoms with Gasteiger partial charge in [-0.25, -0.2) is 0 Å². The first-order valence-electron chi connectivity index (χ1n) is 8.37. The first-order chi connectivity index (χ1) is 11.7. The number of nitrogens with zero attached hydrogens (tertiary/aromatic N) is 1. The second kappa shape index (κ2) is 6.33. The molecule has 0 aliphatic carbocycles. The van der Waals surface area contributed by atoms with E-state index >= 15 is 0 Å². The number of hydrogen-bond acceptors (Lipinski definition) is 1. The van der Waals surface area contributed by atoms with Gasteiger partial charge >= 0.3 is 0 Å². The molecule has 2 aromatic carbocycles. The normalized spacial score (nSPS) is 14.3. The molecule has 0 atom stereocenters. The molecule has 3 nitrogen and oxygen atoms in total. The van der Waals surface area contributed by atoms with Crippen molar-refractivity contribution in [1.29, 1.82) is 0 Å². The Labute approximate surface area is 146 Å². The van der Waals surface area contributed by atoms with E-state index in [1.54, 1.807) is 0 Å². The summed E-state index contributed by atoms with van der Waals surface area (Å²) < 4.78 is 2.32. The lowest BCUT2D eigenvalue weighted by Crippen LogP contribution is -2.22. The summed E-state index contributed by atoms with van der Waals surface area (Å²) in [5, 5.41) is 4.84. The molecule has 1 aliphatic rings. The van der Waals surface area contributed by atoms with Crippen molar-refractivity contribution < 1.29 is 4.79 Å². The van der Waals surface area contributed by atoms with Crippen molar-refractivity contribution in [3.8, 4) is 0 Å². The Balaban J connectivity index is 1.75. The summed E-state index contributed by atoms with van der Waals surface area (Å²) in [6.07, 6.45) is 2.84. The summed E-state index contributed by atoms with van der Waals surface area (Å²) in [4.78, 5) is 12.5. The second-order valence-corrected chi connectivity index (χ2v) is 6.66. The Bertz CT molecular complexity index is 896. The average Bonchev–Trinajstić information content (AvgIpc) is 2.78. The van der Waals surface area contributed by atoms with Crippen LogP contribution in [0.3, 0.4) is 0 Å². The van der Waals surface area contributed by atoms with Gasteiger partial charge in [-0.15, -0.1) is 0 Å². The number of aromatic nitrogens is 1. The lowest BCUT2D eigenvalue weighted by Gasteiger charge is -2.11. The number of nitrogens with one attached hydrogen (secondary N) is 1. The van der Waals surface area contributed by atoms with Crippen LogP contribution in [0.1, 0.15) is 28.0 Å². The summed E-state index contributed by atoms with van der Waals surface area (Å²) in [5.74, 6) is 0.0592. The van der Waals surface area contributed by atoms with E-state index in [1.165, 1.54) is 11.3 Å². The first-order valence-corrected chi connectivity index (χ1v) is 8.74. The van der Waals surface area contributed by atoms with Crippen LogP contribution in [0, 0.1) is 0 Å². The van der Waals surface area contributed by atoms with Crippen molar-refractivity contribution in [2.45, 2.75) is 25.8 Å². The van der Waals surface area contributed by atoms with E-state index in [4.69, 9.17) is 11.6 Å². The van der Waals surface area contributed by atoms with Gasteiger partial charge in [-0.3, -0.25) is 4.79 Å². The summed E-state index contributed by atoms with van der Waals surface area (Å²) in [7, 11) is 0. The number of halogens is 1. The Morgan fingerprint density at radius 1 is 1.08 bits per heavy atom. The predicted molar refractivity (Wildman–Crippen MR) is 97.7 cm³/mol. The molecule has 24 heavy (non-hydrogen) atoms. The van der Waals surface area contributed by atoms with Crippen LogP contribution in [0.25, 0.3) is 10.9 Å². The van der Waals surface area contributed by atoms with Crippen LogP contribution in [-0.2, 0) is 19.4 Å². The lowest BCUT2D eigenvalue weighted by molar-refractivity contribution is 0.0957. The molecule has 0 spiro atoms. The molecule has 1 amide bonds. The molecule has 4 rings (SSSR count). The fourth-order valence-corrected chi connectivity index (χ4v) is 3.69. The molecule has 4 heteroatoms. The highest BCUT2D eigenvalue weighted by Crippen LogP contribution is 2.29. The van der Waals surface area contributed by atoms with Crippen LogP contribution >= 0.6 is 11.6 Å². The van der Waals surface area contributed by atoms with E-state index in [1.807, 2.05) is 24.3 Å². The largest absolute Gasteiger partial charge is 0.352 e. The molecule has 0 unspecified atom stereocenters. The molecule has 3 aromatic rings.